The van der Waals surface area contributed by atoms with Crippen molar-refractivity contribution in [1.82, 2.24) is 10.6 Å². The summed E-state index contributed by atoms with van der Waals surface area (Å²) in [4.78, 5) is 41.6. The largest absolute Gasteiger partial charge is 0.478 e. The Bertz CT molecular complexity index is 793. The van der Waals surface area contributed by atoms with E-state index in [0.29, 0.717) is 24.1 Å². The standard InChI is InChI=1S/C9H15NO2.2C7H10O2.C6H9NO/c1-3-6-10-7-4-5-8(2)9(11)12;2*1-4-5-9-7(8)6(2)3;1-3-5-7-6(8)4-2/h3,10H,1-2,4-7H2,(H,11,12);2*4H,1-2,5H2,3H3;3-4H,1-2,5H2,(H,7,8). The summed E-state index contributed by atoms with van der Waals surface area (Å²) in [6.45, 7) is 33.0. The molecule has 0 aromatic rings. The number of hydrogen-bond acceptors (Lipinski definition) is 7. The van der Waals surface area contributed by atoms with Crippen LogP contribution < -0.4 is 10.6 Å². The number of carbonyl (C=O) groups is 4. The minimum absolute atomic E-state index is 0.162. The number of hydrogen-bond donors (Lipinski definition) is 3. The highest BCUT2D eigenvalue weighted by molar-refractivity contribution is 5.87. The Balaban J connectivity index is -0.000000205. The van der Waals surface area contributed by atoms with Crippen molar-refractivity contribution in [3.05, 3.63) is 99.7 Å². The predicted molar refractivity (Wildman–Crippen MR) is 154 cm³/mol. The minimum atomic E-state index is -0.904. The number of nitrogens with one attached hydrogen (secondary N) is 2. The first-order chi connectivity index (χ1) is 17.9. The Morgan fingerprint density at radius 2 is 1.21 bits per heavy atom. The molecule has 3 N–H and O–H groups in total. The van der Waals surface area contributed by atoms with E-state index in [1.807, 2.05) is 0 Å². The fourth-order valence-electron chi connectivity index (χ4n) is 1.50. The molecule has 9 heteroatoms. The van der Waals surface area contributed by atoms with Crippen molar-refractivity contribution in [2.75, 3.05) is 32.8 Å². The van der Waals surface area contributed by atoms with E-state index in [4.69, 9.17) is 5.11 Å². The van der Waals surface area contributed by atoms with Crippen molar-refractivity contribution < 1.29 is 33.8 Å². The number of rotatable bonds is 16. The molecule has 0 aliphatic heterocycles. The molecule has 0 aromatic heterocycles. The van der Waals surface area contributed by atoms with Gasteiger partial charge in [0.05, 0.1) is 0 Å². The average Bonchev–Trinajstić information content (AvgIpc) is 2.89. The smallest absolute Gasteiger partial charge is 0.333 e. The van der Waals surface area contributed by atoms with Gasteiger partial charge >= 0.3 is 17.9 Å². The van der Waals surface area contributed by atoms with Crippen molar-refractivity contribution in [3.8, 4) is 0 Å². The van der Waals surface area contributed by atoms with Gasteiger partial charge in [-0.1, -0.05) is 63.8 Å². The number of amides is 1. The molecule has 0 aliphatic rings. The van der Waals surface area contributed by atoms with Crippen LogP contribution in [0.15, 0.2) is 99.7 Å². The van der Waals surface area contributed by atoms with Gasteiger partial charge in [0.25, 0.3) is 0 Å². The third-order valence-corrected chi connectivity index (χ3v) is 3.39. The van der Waals surface area contributed by atoms with Gasteiger partial charge in [0.1, 0.15) is 13.2 Å². The third kappa shape index (κ3) is 36.3. The SMILES string of the molecule is C=CCNC(=O)C=C.C=CCNCCCC(=C)C(=O)O.C=CCOC(=O)C(=C)C.C=CCOC(=O)C(=C)C. The van der Waals surface area contributed by atoms with Crippen LogP contribution in [-0.4, -0.2) is 61.8 Å². The van der Waals surface area contributed by atoms with Gasteiger partial charge in [-0.05, 0) is 39.3 Å². The number of ether oxygens (including phenoxy) is 2. The molecule has 1 amide bonds. The average molecular weight is 533 g/mol. The molecule has 0 radical (unpaired) electrons. The monoisotopic (exact) mass is 532 g/mol. The molecule has 9 nitrogen and oxygen atoms in total. The van der Waals surface area contributed by atoms with Crippen LogP contribution in [0, 0.1) is 0 Å². The number of carbonyl (C=O) groups excluding carboxylic acids is 3. The molecule has 0 atom stereocenters. The maximum Gasteiger partial charge on any atom is 0.333 e. The van der Waals surface area contributed by atoms with Gasteiger partial charge < -0.3 is 25.2 Å². The lowest BCUT2D eigenvalue weighted by atomic mass is 10.2. The summed E-state index contributed by atoms with van der Waals surface area (Å²) in [7, 11) is 0. The van der Waals surface area contributed by atoms with Gasteiger partial charge in [0, 0.05) is 29.8 Å². The predicted octanol–water partition coefficient (Wildman–Crippen LogP) is 4.24. The fraction of sp³-hybridized carbons (Fsp3) is 0.310. The van der Waals surface area contributed by atoms with Crippen LogP contribution in [0.5, 0.6) is 0 Å². The lowest BCUT2D eigenvalue weighted by Crippen LogP contribution is -2.19. The molecule has 0 bridgehead atoms. The second kappa shape index (κ2) is 30.8. The number of carboxylic acid groups (broad SMARTS) is 1. The molecule has 0 aromatic carbocycles. The van der Waals surface area contributed by atoms with Crippen molar-refractivity contribution in [2.45, 2.75) is 26.7 Å². The normalized spacial score (nSPS) is 8.37. The molecule has 0 rings (SSSR count). The molecule has 0 fully saturated rings. The van der Waals surface area contributed by atoms with E-state index in [0.717, 1.165) is 19.5 Å². The number of carboxylic acids is 1. The quantitative estimate of drug-likeness (QED) is 0.116. The zero-order valence-corrected chi connectivity index (χ0v) is 22.9. The van der Waals surface area contributed by atoms with E-state index in [2.05, 4.69) is 72.7 Å². The van der Waals surface area contributed by atoms with Gasteiger partial charge in [-0.25, -0.2) is 14.4 Å². The minimum Gasteiger partial charge on any atom is -0.478 e. The highest BCUT2D eigenvalue weighted by Gasteiger charge is 2.02. The fourth-order valence-corrected chi connectivity index (χ4v) is 1.50. The van der Waals surface area contributed by atoms with E-state index < -0.39 is 5.97 Å². The molecule has 0 spiro atoms. The van der Waals surface area contributed by atoms with Gasteiger partial charge in [-0.3, -0.25) is 4.79 Å². The first-order valence-electron chi connectivity index (χ1n) is 11.5. The van der Waals surface area contributed by atoms with Crippen LogP contribution >= 0.6 is 0 Å². The molecule has 212 valence electrons. The number of esters is 2. The molecule has 0 aliphatic carbocycles. The van der Waals surface area contributed by atoms with Gasteiger partial charge in [-0.15, -0.1) is 13.2 Å². The third-order valence-electron chi connectivity index (χ3n) is 3.39. The van der Waals surface area contributed by atoms with E-state index in [-0.39, 0.29) is 36.6 Å². The summed E-state index contributed by atoms with van der Waals surface area (Å²) in [6.07, 6.45) is 8.98. The number of aliphatic carboxylic acids is 1. The summed E-state index contributed by atoms with van der Waals surface area (Å²) in [5, 5.41) is 14.0. The molecular weight excluding hydrogens is 488 g/mol. The highest BCUT2D eigenvalue weighted by atomic mass is 16.5. The Kier molecular flexibility index (Phi) is 33.1. The van der Waals surface area contributed by atoms with Crippen molar-refractivity contribution >= 4 is 23.8 Å². The van der Waals surface area contributed by atoms with E-state index in [1.165, 1.54) is 18.2 Å². The molecule has 38 heavy (non-hydrogen) atoms. The molecule has 0 saturated carbocycles. The maximum atomic E-state index is 10.5. The Morgan fingerprint density at radius 3 is 1.53 bits per heavy atom. The van der Waals surface area contributed by atoms with Crippen molar-refractivity contribution in [3.63, 3.8) is 0 Å². The molecule has 0 saturated heterocycles. The highest BCUT2D eigenvalue weighted by Crippen LogP contribution is 2.00. The summed E-state index contributed by atoms with van der Waals surface area (Å²) in [5.41, 5.74) is 1.10. The van der Waals surface area contributed by atoms with Crippen molar-refractivity contribution in [1.29, 1.82) is 0 Å². The van der Waals surface area contributed by atoms with Gasteiger partial charge in [0.2, 0.25) is 5.91 Å². The summed E-state index contributed by atoms with van der Waals surface area (Å²) < 4.78 is 9.19. The van der Waals surface area contributed by atoms with Crippen LogP contribution in [0.2, 0.25) is 0 Å². The maximum absolute atomic E-state index is 10.5. The second-order valence-electron chi connectivity index (χ2n) is 7.08. The molecule has 0 heterocycles. The van der Waals surface area contributed by atoms with Gasteiger partial charge in [0.15, 0.2) is 0 Å². The van der Waals surface area contributed by atoms with Gasteiger partial charge in [-0.2, -0.15) is 0 Å². The lowest BCUT2D eigenvalue weighted by Gasteiger charge is -2.01. The van der Waals surface area contributed by atoms with Crippen LogP contribution in [0.4, 0.5) is 0 Å². The van der Waals surface area contributed by atoms with Crippen LogP contribution in [-0.2, 0) is 28.7 Å². The van der Waals surface area contributed by atoms with Crippen LogP contribution in [0.3, 0.4) is 0 Å². The van der Waals surface area contributed by atoms with Crippen molar-refractivity contribution in [2.24, 2.45) is 0 Å². The zero-order valence-electron chi connectivity index (χ0n) is 22.9. The Labute approximate surface area is 227 Å². The van der Waals surface area contributed by atoms with Crippen LogP contribution in [0.25, 0.3) is 0 Å². The topological polar surface area (TPSA) is 131 Å². The summed E-state index contributed by atoms with van der Waals surface area (Å²) in [5.74, 6) is -1.80. The summed E-state index contributed by atoms with van der Waals surface area (Å²) in [6, 6.07) is 0. The Morgan fingerprint density at radius 1 is 0.763 bits per heavy atom. The zero-order chi connectivity index (χ0) is 30.4. The van der Waals surface area contributed by atoms with Crippen LogP contribution in [0.1, 0.15) is 26.7 Å². The first-order valence-corrected chi connectivity index (χ1v) is 11.5. The molecular formula is C29H44N2O7. The van der Waals surface area contributed by atoms with E-state index in [9.17, 15) is 19.2 Å². The first kappa shape index (κ1) is 40.9. The van der Waals surface area contributed by atoms with E-state index >= 15 is 0 Å². The Hall–Kier alpha value is -4.24. The lowest BCUT2D eigenvalue weighted by molar-refractivity contribution is -0.138. The van der Waals surface area contributed by atoms with E-state index in [1.54, 1.807) is 26.0 Å². The molecule has 0 unspecified atom stereocenters. The summed E-state index contributed by atoms with van der Waals surface area (Å²) >= 11 is 0. The second-order valence-corrected chi connectivity index (χ2v) is 7.08.